The van der Waals surface area contributed by atoms with E-state index in [-0.39, 0.29) is 5.69 Å². The molecule has 0 fully saturated rings. The van der Waals surface area contributed by atoms with Crippen LogP contribution in [0.3, 0.4) is 0 Å². The van der Waals surface area contributed by atoms with Gasteiger partial charge in [-0.25, -0.2) is 4.98 Å². The van der Waals surface area contributed by atoms with Crippen LogP contribution in [0.25, 0.3) is 10.6 Å². The lowest BCUT2D eigenvalue weighted by Gasteiger charge is -2.04. The number of hydrogen-bond acceptors (Lipinski definition) is 5. The van der Waals surface area contributed by atoms with Gasteiger partial charge in [-0.2, -0.15) is 0 Å². The van der Waals surface area contributed by atoms with E-state index in [0.29, 0.717) is 11.5 Å². The summed E-state index contributed by atoms with van der Waals surface area (Å²) in [5, 5.41) is 15.7. The van der Waals surface area contributed by atoms with Crippen LogP contribution < -0.4 is 5.32 Å². The average Bonchev–Trinajstić information content (AvgIpc) is 2.74. The summed E-state index contributed by atoms with van der Waals surface area (Å²) in [5.74, 6) is 0.603. The number of halogens is 1. The molecule has 0 aromatic carbocycles. The molecule has 0 bridgehead atoms. The van der Waals surface area contributed by atoms with Crippen molar-refractivity contribution in [3.8, 4) is 10.6 Å². The average molecular weight is 314 g/mol. The first-order chi connectivity index (χ1) is 8.13. The van der Waals surface area contributed by atoms with Crippen molar-refractivity contribution in [1.29, 1.82) is 0 Å². The summed E-state index contributed by atoms with van der Waals surface area (Å²) in [7, 11) is 1.72. The minimum atomic E-state index is -0.423. The van der Waals surface area contributed by atoms with Crippen molar-refractivity contribution in [2.75, 3.05) is 12.4 Å². The number of pyridine rings is 1. The highest BCUT2D eigenvalue weighted by Crippen LogP contribution is 2.37. The van der Waals surface area contributed by atoms with E-state index in [1.165, 1.54) is 17.4 Å². The molecule has 5 nitrogen and oxygen atoms in total. The third kappa shape index (κ3) is 2.29. The lowest BCUT2D eigenvalue weighted by atomic mass is 10.2. The van der Waals surface area contributed by atoms with Crippen LogP contribution in [-0.2, 0) is 0 Å². The first-order valence-electron chi connectivity index (χ1n) is 4.70. The zero-order valence-electron chi connectivity index (χ0n) is 8.81. The Hall–Kier alpha value is -1.47. The smallest absolute Gasteiger partial charge is 0.296 e. The summed E-state index contributed by atoms with van der Waals surface area (Å²) in [6, 6.07) is 4.89. The number of anilines is 1. The van der Waals surface area contributed by atoms with Crippen LogP contribution in [0.2, 0.25) is 0 Å². The predicted molar refractivity (Wildman–Crippen MR) is 71.5 cm³/mol. The number of hydrogen-bond donors (Lipinski definition) is 1. The highest BCUT2D eigenvalue weighted by Gasteiger charge is 2.20. The van der Waals surface area contributed by atoms with Crippen molar-refractivity contribution in [3.63, 3.8) is 0 Å². The molecular weight excluding hydrogens is 306 g/mol. The molecule has 0 aliphatic rings. The molecule has 2 aromatic heterocycles. The van der Waals surface area contributed by atoms with Crippen LogP contribution in [-0.4, -0.2) is 17.0 Å². The fourth-order valence-electron chi connectivity index (χ4n) is 1.37. The second kappa shape index (κ2) is 4.80. The Kier molecular flexibility index (Phi) is 3.39. The highest BCUT2D eigenvalue weighted by atomic mass is 79.9. The molecule has 0 unspecified atom stereocenters. The van der Waals surface area contributed by atoms with Crippen molar-refractivity contribution >= 4 is 38.8 Å². The number of nitro groups is 1. The van der Waals surface area contributed by atoms with Gasteiger partial charge in [-0.05, 0) is 33.4 Å². The number of nitrogens with one attached hydrogen (secondary N) is 1. The lowest BCUT2D eigenvalue weighted by Crippen LogP contribution is -1.98. The van der Waals surface area contributed by atoms with Gasteiger partial charge in [-0.1, -0.05) is 0 Å². The first-order valence-corrected chi connectivity index (χ1v) is 6.37. The van der Waals surface area contributed by atoms with E-state index in [1.807, 2.05) is 11.4 Å². The largest absolute Gasteiger partial charge is 0.373 e. The Balaban J connectivity index is 2.65. The molecule has 2 aromatic rings. The zero-order valence-corrected chi connectivity index (χ0v) is 11.2. The molecule has 0 saturated heterocycles. The second-order valence-electron chi connectivity index (χ2n) is 3.17. The van der Waals surface area contributed by atoms with Crippen molar-refractivity contribution < 1.29 is 4.92 Å². The molecule has 0 saturated carbocycles. The SMILES string of the molecule is CNc1ccc([N+](=O)[O-])c(-c2sccc2Br)n1. The number of nitrogens with zero attached hydrogens (tertiary/aromatic N) is 2. The monoisotopic (exact) mass is 313 g/mol. The minimum absolute atomic E-state index is 0.00662. The Labute approximate surface area is 110 Å². The van der Waals surface area contributed by atoms with Crippen molar-refractivity contribution in [3.05, 3.63) is 38.2 Å². The van der Waals surface area contributed by atoms with Crippen molar-refractivity contribution in [2.24, 2.45) is 0 Å². The third-order valence-corrected chi connectivity index (χ3v) is 4.00. The van der Waals surface area contributed by atoms with E-state index in [9.17, 15) is 10.1 Å². The van der Waals surface area contributed by atoms with Gasteiger partial charge in [0.15, 0.2) is 5.69 Å². The molecule has 0 aliphatic heterocycles. The standard InChI is InChI=1S/C10H8BrN3O2S/c1-12-8-3-2-7(14(15)16)9(13-8)10-6(11)4-5-17-10/h2-5H,1H3,(H,12,13). The van der Waals surface area contributed by atoms with Crippen LogP contribution in [0, 0.1) is 10.1 Å². The fraction of sp³-hybridized carbons (Fsp3) is 0.100. The van der Waals surface area contributed by atoms with Crippen LogP contribution >= 0.6 is 27.3 Å². The van der Waals surface area contributed by atoms with Gasteiger partial charge in [-0.15, -0.1) is 11.3 Å². The van der Waals surface area contributed by atoms with Crippen LogP contribution in [0.15, 0.2) is 28.1 Å². The summed E-state index contributed by atoms with van der Waals surface area (Å²) >= 11 is 4.77. The van der Waals surface area contributed by atoms with Gasteiger partial charge in [0, 0.05) is 17.6 Å². The van der Waals surface area contributed by atoms with E-state index >= 15 is 0 Å². The second-order valence-corrected chi connectivity index (χ2v) is 4.94. The van der Waals surface area contributed by atoms with E-state index in [1.54, 1.807) is 13.1 Å². The molecular formula is C10H8BrN3O2S. The summed E-state index contributed by atoms with van der Waals surface area (Å²) in [6.07, 6.45) is 0. The van der Waals surface area contributed by atoms with E-state index < -0.39 is 4.92 Å². The number of thiophene rings is 1. The Morgan fingerprint density at radius 2 is 2.24 bits per heavy atom. The maximum atomic E-state index is 11.0. The maximum Gasteiger partial charge on any atom is 0.296 e. The first kappa shape index (κ1) is 12.0. The van der Waals surface area contributed by atoms with Gasteiger partial charge >= 0.3 is 0 Å². The highest BCUT2D eigenvalue weighted by molar-refractivity contribution is 9.10. The van der Waals surface area contributed by atoms with Gasteiger partial charge < -0.3 is 5.32 Å². The van der Waals surface area contributed by atoms with E-state index in [2.05, 4.69) is 26.2 Å². The number of rotatable bonds is 3. The minimum Gasteiger partial charge on any atom is -0.373 e. The van der Waals surface area contributed by atoms with E-state index in [4.69, 9.17) is 0 Å². The molecule has 88 valence electrons. The molecule has 0 aliphatic carbocycles. The predicted octanol–water partition coefficient (Wildman–Crippen LogP) is 3.52. The Morgan fingerprint density at radius 1 is 1.47 bits per heavy atom. The molecule has 0 atom stereocenters. The van der Waals surface area contributed by atoms with E-state index in [0.717, 1.165) is 9.35 Å². The maximum absolute atomic E-state index is 11.0. The van der Waals surface area contributed by atoms with Gasteiger partial charge in [0.1, 0.15) is 5.82 Å². The molecule has 0 amide bonds. The Bertz CT molecular complexity index is 570. The topological polar surface area (TPSA) is 68.1 Å². The lowest BCUT2D eigenvalue weighted by molar-refractivity contribution is -0.384. The quantitative estimate of drug-likeness (QED) is 0.695. The van der Waals surface area contributed by atoms with Crippen LogP contribution in [0.5, 0.6) is 0 Å². The zero-order chi connectivity index (χ0) is 12.4. The van der Waals surface area contributed by atoms with Gasteiger partial charge in [0.05, 0.1) is 9.80 Å². The third-order valence-electron chi connectivity index (χ3n) is 2.16. The molecule has 0 spiro atoms. The normalized spacial score (nSPS) is 10.2. The summed E-state index contributed by atoms with van der Waals surface area (Å²) < 4.78 is 0.811. The number of aromatic nitrogens is 1. The van der Waals surface area contributed by atoms with Crippen molar-refractivity contribution in [1.82, 2.24) is 4.98 Å². The molecule has 2 heterocycles. The summed E-state index contributed by atoms with van der Waals surface area (Å²) in [6.45, 7) is 0. The van der Waals surface area contributed by atoms with Gasteiger partial charge in [0.25, 0.3) is 5.69 Å². The molecule has 7 heteroatoms. The fourth-order valence-corrected chi connectivity index (χ4v) is 2.93. The summed E-state index contributed by atoms with van der Waals surface area (Å²) in [5.41, 5.74) is 0.385. The van der Waals surface area contributed by atoms with Crippen molar-refractivity contribution in [2.45, 2.75) is 0 Å². The van der Waals surface area contributed by atoms with Crippen LogP contribution in [0.1, 0.15) is 0 Å². The molecule has 17 heavy (non-hydrogen) atoms. The van der Waals surface area contributed by atoms with Gasteiger partial charge in [-0.3, -0.25) is 10.1 Å². The molecule has 0 radical (unpaired) electrons. The van der Waals surface area contributed by atoms with Crippen LogP contribution in [0.4, 0.5) is 11.5 Å². The van der Waals surface area contributed by atoms with Gasteiger partial charge in [0.2, 0.25) is 0 Å². The molecule has 1 N–H and O–H groups in total. The summed E-state index contributed by atoms with van der Waals surface area (Å²) in [4.78, 5) is 15.5. The molecule has 2 rings (SSSR count). The Morgan fingerprint density at radius 3 is 2.76 bits per heavy atom.